The molecule has 4 heteroatoms. The minimum Gasteiger partial charge on any atom is -0.443 e. The number of oxazole rings is 1. The molecule has 1 atom stereocenters. The Bertz CT molecular complexity index is 225. The van der Waals surface area contributed by atoms with Crippen LogP contribution in [-0.4, -0.2) is 16.6 Å². The molecular formula is C7H12N2O2. The van der Waals surface area contributed by atoms with Crippen molar-refractivity contribution in [3.63, 3.8) is 0 Å². The number of nitrogens with zero attached hydrogens (tertiary/aromatic N) is 1. The Morgan fingerprint density at radius 1 is 1.64 bits per heavy atom. The summed E-state index contributed by atoms with van der Waals surface area (Å²) >= 11 is 0. The lowest BCUT2D eigenvalue weighted by atomic mass is 10.4. The number of hydrogen-bond acceptors (Lipinski definition) is 4. The Kier molecular flexibility index (Phi) is 2.26. The molecule has 0 fully saturated rings. The summed E-state index contributed by atoms with van der Waals surface area (Å²) in [6, 6.07) is 0. The van der Waals surface area contributed by atoms with Crippen molar-refractivity contribution in [1.82, 2.24) is 4.98 Å². The van der Waals surface area contributed by atoms with Gasteiger partial charge in [0.05, 0.1) is 5.69 Å². The zero-order chi connectivity index (χ0) is 8.43. The second kappa shape index (κ2) is 3.02. The zero-order valence-corrected chi connectivity index (χ0v) is 6.66. The second-order valence-corrected chi connectivity index (χ2v) is 2.45. The highest BCUT2D eigenvalue weighted by molar-refractivity contribution is 5.06. The average Bonchev–Trinajstić information content (AvgIpc) is 2.31. The standard InChI is InChI=1S/C7H12N2O2/c1-4-5(2)11-7(9-4)6(10)3-8/h6,10H,3,8H2,1-2H3/t6-/m0/s1. The lowest BCUT2D eigenvalue weighted by Crippen LogP contribution is -2.11. The van der Waals surface area contributed by atoms with Gasteiger partial charge in [-0.25, -0.2) is 4.98 Å². The van der Waals surface area contributed by atoms with Gasteiger partial charge in [0.25, 0.3) is 0 Å². The molecule has 0 saturated carbocycles. The van der Waals surface area contributed by atoms with E-state index in [4.69, 9.17) is 10.2 Å². The predicted octanol–water partition coefficient (Wildman–Crippen LogP) is 0.284. The van der Waals surface area contributed by atoms with Crippen molar-refractivity contribution in [2.45, 2.75) is 20.0 Å². The van der Waals surface area contributed by atoms with Gasteiger partial charge >= 0.3 is 0 Å². The number of hydrogen-bond donors (Lipinski definition) is 2. The number of aliphatic hydroxyl groups is 1. The number of aliphatic hydroxyl groups excluding tert-OH is 1. The molecule has 1 heterocycles. The molecule has 0 unspecified atom stereocenters. The van der Waals surface area contributed by atoms with Gasteiger partial charge in [0.1, 0.15) is 11.9 Å². The molecule has 62 valence electrons. The highest BCUT2D eigenvalue weighted by atomic mass is 16.4. The third-order valence-corrected chi connectivity index (χ3v) is 1.55. The molecule has 11 heavy (non-hydrogen) atoms. The first-order valence-electron chi connectivity index (χ1n) is 3.47. The van der Waals surface area contributed by atoms with Gasteiger partial charge in [-0.15, -0.1) is 0 Å². The van der Waals surface area contributed by atoms with Crippen molar-refractivity contribution in [2.75, 3.05) is 6.54 Å². The molecule has 1 aromatic rings. The maximum atomic E-state index is 9.19. The summed E-state index contributed by atoms with van der Waals surface area (Å²) in [5, 5.41) is 9.19. The molecule has 0 aliphatic heterocycles. The highest BCUT2D eigenvalue weighted by Crippen LogP contribution is 2.14. The van der Waals surface area contributed by atoms with Crippen molar-refractivity contribution in [1.29, 1.82) is 0 Å². The van der Waals surface area contributed by atoms with Gasteiger partial charge in [-0.05, 0) is 13.8 Å². The van der Waals surface area contributed by atoms with Crippen molar-refractivity contribution in [2.24, 2.45) is 5.73 Å². The van der Waals surface area contributed by atoms with Crippen LogP contribution < -0.4 is 5.73 Å². The molecule has 0 bridgehead atoms. The highest BCUT2D eigenvalue weighted by Gasteiger charge is 2.12. The smallest absolute Gasteiger partial charge is 0.224 e. The van der Waals surface area contributed by atoms with E-state index in [1.165, 1.54) is 0 Å². The second-order valence-electron chi connectivity index (χ2n) is 2.45. The Hall–Kier alpha value is -0.870. The molecule has 0 aromatic carbocycles. The molecule has 0 aliphatic rings. The molecule has 4 nitrogen and oxygen atoms in total. The first kappa shape index (κ1) is 8.23. The summed E-state index contributed by atoms with van der Waals surface area (Å²) in [6.45, 7) is 3.76. The van der Waals surface area contributed by atoms with Crippen LogP contribution in [0.1, 0.15) is 23.4 Å². The zero-order valence-electron chi connectivity index (χ0n) is 6.66. The van der Waals surface area contributed by atoms with E-state index in [0.717, 1.165) is 11.5 Å². The fourth-order valence-electron chi connectivity index (χ4n) is 0.741. The lowest BCUT2D eigenvalue weighted by Gasteiger charge is -1.99. The summed E-state index contributed by atoms with van der Waals surface area (Å²) in [7, 11) is 0. The third-order valence-electron chi connectivity index (χ3n) is 1.55. The van der Waals surface area contributed by atoms with Gasteiger partial charge in [-0.1, -0.05) is 0 Å². The molecular weight excluding hydrogens is 144 g/mol. The molecule has 3 N–H and O–H groups in total. The maximum Gasteiger partial charge on any atom is 0.224 e. The molecule has 0 spiro atoms. The summed E-state index contributed by atoms with van der Waals surface area (Å²) < 4.78 is 5.13. The molecule has 0 radical (unpaired) electrons. The monoisotopic (exact) mass is 156 g/mol. The van der Waals surface area contributed by atoms with E-state index in [1.807, 2.05) is 6.92 Å². The van der Waals surface area contributed by atoms with Crippen LogP contribution in [-0.2, 0) is 0 Å². The van der Waals surface area contributed by atoms with Gasteiger partial charge in [-0.2, -0.15) is 0 Å². The first-order chi connectivity index (χ1) is 5.15. The summed E-state index contributed by atoms with van der Waals surface area (Å²) in [5.74, 6) is 1.04. The Labute approximate surface area is 65.0 Å². The SMILES string of the molecule is Cc1nc([C@@H](O)CN)oc1C. The van der Waals surface area contributed by atoms with Gasteiger partial charge in [0.15, 0.2) is 0 Å². The molecule has 0 amide bonds. The number of aromatic nitrogens is 1. The van der Waals surface area contributed by atoms with Crippen LogP contribution in [0.5, 0.6) is 0 Å². The molecule has 1 aromatic heterocycles. The molecule has 0 aliphatic carbocycles. The predicted molar refractivity (Wildman–Crippen MR) is 40.0 cm³/mol. The minimum absolute atomic E-state index is 0.138. The summed E-state index contributed by atoms with van der Waals surface area (Å²) in [4.78, 5) is 3.98. The van der Waals surface area contributed by atoms with E-state index in [0.29, 0.717) is 5.89 Å². The Balaban J connectivity index is 2.88. The van der Waals surface area contributed by atoms with Crippen LogP contribution in [0.25, 0.3) is 0 Å². The van der Waals surface area contributed by atoms with E-state index < -0.39 is 6.10 Å². The van der Waals surface area contributed by atoms with Gasteiger partial charge in [0.2, 0.25) is 5.89 Å². The fourth-order valence-corrected chi connectivity index (χ4v) is 0.741. The van der Waals surface area contributed by atoms with Crippen LogP contribution in [0.15, 0.2) is 4.42 Å². The average molecular weight is 156 g/mol. The molecule has 1 rings (SSSR count). The summed E-state index contributed by atoms with van der Waals surface area (Å²) in [5.41, 5.74) is 6.01. The number of rotatable bonds is 2. The van der Waals surface area contributed by atoms with E-state index >= 15 is 0 Å². The van der Waals surface area contributed by atoms with Crippen LogP contribution in [0.4, 0.5) is 0 Å². The topological polar surface area (TPSA) is 72.3 Å². The minimum atomic E-state index is -0.776. The lowest BCUT2D eigenvalue weighted by molar-refractivity contribution is 0.150. The Morgan fingerprint density at radius 2 is 2.27 bits per heavy atom. The van der Waals surface area contributed by atoms with Crippen molar-refractivity contribution < 1.29 is 9.52 Å². The fraction of sp³-hybridized carbons (Fsp3) is 0.571. The first-order valence-corrected chi connectivity index (χ1v) is 3.47. The number of nitrogens with two attached hydrogens (primary N) is 1. The maximum absolute atomic E-state index is 9.19. The normalized spacial score (nSPS) is 13.5. The Morgan fingerprint density at radius 3 is 2.64 bits per heavy atom. The third kappa shape index (κ3) is 1.58. The van der Waals surface area contributed by atoms with Crippen LogP contribution in [0, 0.1) is 13.8 Å². The van der Waals surface area contributed by atoms with Gasteiger partial charge < -0.3 is 15.3 Å². The van der Waals surface area contributed by atoms with E-state index in [1.54, 1.807) is 6.92 Å². The quantitative estimate of drug-likeness (QED) is 0.645. The molecule has 0 saturated heterocycles. The van der Waals surface area contributed by atoms with Gasteiger partial charge in [0, 0.05) is 6.54 Å². The van der Waals surface area contributed by atoms with E-state index in [-0.39, 0.29) is 6.54 Å². The van der Waals surface area contributed by atoms with Crippen LogP contribution >= 0.6 is 0 Å². The largest absolute Gasteiger partial charge is 0.443 e. The van der Waals surface area contributed by atoms with Crippen LogP contribution in [0.2, 0.25) is 0 Å². The van der Waals surface area contributed by atoms with Crippen molar-refractivity contribution in [3.05, 3.63) is 17.3 Å². The summed E-state index contributed by atoms with van der Waals surface area (Å²) in [6.07, 6.45) is -0.776. The van der Waals surface area contributed by atoms with Crippen LogP contribution in [0.3, 0.4) is 0 Å². The van der Waals surface area contributed by atoms with E-state index in [2.05, 4.69) is 4.98 Å². The van der Waals surface area contributed by atoms with E-state index in [9.17, 15) is 5.11 Å². The van der Waals surface area contributed by atoms with Crippen molar-refractivity contribution >= 4 is 0 Å². The van der Waals surface area contributed by atoms with Crippen molar-refractivity contribution in [3.8, 4) is 0 Å². The number of aryl methyl sites for hydroxylation is 2. The van der Waals surface area contributed by atoms with Gasteiger partial charge in [-0.3, -0.25) is 0 Å².